The molecule has 1 amide bonds. The van der Waals surface area contributed by atoms with Crippen molar-refractivity contribution in [2.24, 2.45) is 0 Å². The number of para-hydroxylation sites is 1. The highest BCUT2D eigenvalue weighted by Crippen LogP contribution is 2.18. The standard InChI is InChI=1S/C14H20N2O/c1-5-16(9-10(2)3)14(17)12-8-6-7-11(4)13(12)15/h6-8H,2,5,9,15H2,1,3-4H3. The summed E-state index contributed by atoms with van der Waals surface area (Å²) in [5.41, 5.74) is 8.98. The molecule has 0 atom stereocenters. The Kier molecular flexibility index (Phi) is 4.32. The summed E-state index contributed by atoms with van der Waals surface area (Å²) in [5, 5.41) is 0. The summed E-state index contributed by atoms with van der Waals surface area (Å²) in [6.45, 7) is 10.8. The van der Waals surface area contributed by atoms with Crippen molar-refractivity contribution in [1.82, 2.24) is 4.90 Å². The van der Waals surface area contributed by atoms with Gasteiger partial charge >= 0.3 is 0 Å². The normalized spacial score (nSPS) is 10.1. The average molecular weight is 232 g/mol. The molecule has 0 bridgehead atoms. The van der Waals surface area contributed by atoms with Crippen molar-refractivity contribution in [1.29, 1.82) is 0 Å². The number of hydrogen-bond acceptors (Lipinski definition) is 2. The van der Waals surface area contributed by atoms with Crippen LogP contribution in [0.3, 0.4) is 0 Å². The predicted octanol–water partition coefficient (Wildman–Crippen LogP) is 2.62. The van der Waals surface area contributed by atoms with Gasteiger partial charge in [-0.15, -0.1) is 0 Å². The summed E-state index contributed by atoms with van der Waals surface area (Å²) >= 11 is 0. The SMILES string of the molecule is C=C(C)CN(CC)C(=O)c1cccc(C)c1N. The second-order valence-electron chi connectivity index (χ2n) is 4.31. The van der Waals surface area contributed by atoms with Crippen molar-refractivity contribution >= 4 is 11.6 Å². The zero-order chi connectivity index (χ0) is 13.0. The van der Waals surface area contributed by atoms with E-state index in [0.717, 1.165) is 11.1 Å². The lowest BCUT2D eigenvalue weighted by atomic mass is 10.1. The third kappa shape index (κ3) is 3.09. The number of nitrogens with two attached hydrogens (primary N) is 1. The van der Waals surface area contributed by atoms with Gasteiger partial charge in [0.25, 0.3) is 5.91 Å². The van der Waals surface area contributed by atoms with Crippen molar-refractivity contribution in [2.75, 3.05) is 18.8 Å². The maximum absolute atomic E-state index is 12.3. The quantitative estimate of drug-likeness (QED) is 0.640. The lowest BCUT2D eigenvalue weighted by Gasteiger charge is -2.22. The highest BCUT2D eigenvalue weighted by molar-refractivity contribution is 5.99. The van der Waals surface area contributed by atoms with E-state index < -0.39 is 0 Å². The Labute approximate surface area is 103 Å². The third-order valence-electron chi connectivity index (χ3n) is 2.68. The van der Waals surface area contributed by atoms with E-state index in [2.05, 4.69) is 6.58 Å². The highest BCUT2D eigenvalue weighted by atomic mass is 16.2. The van der Waals surface area contributed by atoms with Crippen LogP contribution >= 0.6 is 0 Å². The van der Waals surface area contributed by atoms with Gasteiger partial charge in [0.15, 0.2) is 0 Å². The molecule has 0 aromatic heterocycles. The van der Waals surface area contributed by atoms with Crippen LogP contribution in [-0.2, 0) is 0 Å². The monoisotopic (exact) mass is 232 g/mol. The predicted molar refractivity (Wildman–Crippen MR) is 72.0 cm³/mol. The van der Waals surface area contributed by atoms with Gasteiger partial charge in [-0.1, -0.05) is 24.3 Å². The minimum absolute atomic E-state index is 0.0308. The number of carbonyl (C=O) groups is 1. The Morgan fingerprint density at radius 3 is 2.65 bits per heavy atom. The first-order valence-electron chi connectivity index (χ1n) is 5.76. The van der Waals surface area contributed by atoms with E-state index in [1.165, 1.54) is 0 Å². The van der Waals surface area contributed by atoms with Crippen molar-refractivity contribution in [2.45, 2.75) is 20.8 Å². The Morgan fingerprint density at radius 2 is 2.12 bits per heavy atom. The molecule has 0 saturated heterocycles. The number of nitrogen functional groups attached to an aromatic ring is 1. The van der Waals surface area contributed by atoms with Crippen molar-refractivity contribution < 1.29 is 4.79 Å². The largest absolute Gasteiger partial charge is 0.398 e. The summed E-state index contributed by atoms with van der Waals surface area (Å²) < 4.78 is 0. The molecule has 0 aliphatic carbocycles. The molecule has 2 N–H and O–H groups in total. The minimum atomic E-state index is -0.0308. The van der Waals surface area contributed by atoms with Gasteiger partial charge in [0.2, 0.25) is 0 Å². The number of amides is 1. The van der Waals surface area contributed by atoms with Crippen LogP contribution in [0.1, 0.15) is 29.8 Å². The molecule has 92 valence electrons. The molecule has 1 aromatic rings. The smallest absolute Gasteiger partial charge is 0.256 e. The molecule has 17 heavy (non-hydrogen) atoms. The molecular formula is C14H20N2O. The molecule has 0 spiro atoms. The van der Waals surface area contributed by atoms with Crippen molar-refractivity contribution in [3.63, 3.8) is 0 Å². The van der Waals surface area contributed by atoms with Gasteiger partial charge in [-0.2, -0.15) is 0 Å². The molecule has 0 unspecified atom stereocenters. The zero-order valence-corrected chi connectivity index (χ0v) is 10.8. The molecule has 0 aliphatic rings. The van der Waals surface area contributed by atoms with E-state index >= 15 is 0 Å². The molecule has 0 radical (unpaired) electrons. The van der Waals surface area contributed by atoms with Crippen molar-refractivity contribution in [3.8, 4) is 0 Å². The molecule has 0 heterocycles. The lowest BCUT2D eigenvalue weighted by molar-refractivity contribution is 0.0779. The molecular weight excluding hydrogens is 212 g/mol. The van der Waals surface area contributed by atoms with E-state index in [0.29, 0.717) is 24.3 Å². The fourth-order valence-electron chi connectivity index (χ4n) is 1.69. The molecule has 3 heteroatoms. The third-order valence-corrected chi connectivity index (χ3v) is 2.68. The number of rotatable bonds is 4. The first-order chi connectivity index (χ1) is 7.97. The number of anilines is 1. The summed E-state index contributed by atoms with van der Waals surface area (Å²) in [7, 11) is 0. The fourth-order valence-corrected chi connectivity index (χ4v) is 1.69. The topological polar surface area (TPSA) is 46.3 Å². The second-order valence-corrected chi connectivity index (χ2v) is 4.31. The van der Waals surface area contributed by atoms with Crippen LogP contribution in [-0.4, -0.2) is 23.9 Å². The second kappa shape index (κ2) is 5.53. The molecule has 1 aromatic carbocycles. The number of hydrogen-bond donors (Lipinski definition) is 1. The van der Waals surface area contributed by atoms with Gasteiger partial charge in [-0.05, 0) is 32.4 Å². The van der Waals surface area contributed by atoms with Gasteiger partial charge in [0.05, 0.1) is 5.56 Å². The maximum atomic E-state index is 12.3. The fraction of sp³-hybridized carbons (Fsp3) is 0.357. The summed E-state index contributed by atoms with van der Waals surface area (Å²) in [6, 6.07) is 5.53. The summed E-state index contributed by atoms with van der Waals surface area (Å²) in [6.07, 6.45) is 0. The van der Waals surface area contributed by atoms with E-state index in [1.54, 1.807) is 11.0 Å². The Morgan fingerprint density at radius 1 is 1.47 bits per heavy atom. The Bertz CT molecular complexity index is 438. The number of benzene rings is 1. The first kappa shape index (κ1) is 13.3. The van der Waals surface area contributed by atoms with Crippen LogP contribution in [0.5, 0.6) is 0 Å². The lowest BCUT2D eigenvalue weighted by Crippen LogP contribution is -2.32. The van der Waals surface area contributed by atoms with Crippen LogP contribution in [0, 0.1) is 6.92 Å². The summed E-state index contributed by atoms with van der Waals surface area (Å²) in [5.74, 6) is -0.0308. The van der Waals surface area contributed by atoms with Crippen LogP contribution in [0.15, 0.2) is 30.4 Å². The van der Waals surface area contributed by atoms with Crippen LogP contribution < -0.4 is 5.73 Å². The van der Waals surface area contributed by atoms with Gasteiger partial charge in [0.1, 0.15) is 0 Å². The van der Waals surface area contributed by atoms with E-state index in [4.69, 9.17) is 5.73 Å². The van der Waals surface area contributed by atoms with Crippen molar-refractivity contribution in [3.05, 3.63) is 41.5 Å². The molecule has 1 rings (SSSR count). The van der Waals surface area contributed by atoms with E-state index in [-0.39, 0.29) is 5.91 Å². The average Bonchev–Trinajstić information content (AvgIpc) is 2.28. The van der Waals surface area contributed by atoms with E-state index in [1.807, 2.05) is 32.9 Å². The van der Waals surface area contributed by atoms with Gasteiger partial charge in [0, 0.05) is 18.8 Å². The van der Waals surface area contributed by atoms with Gasteiger partial charge in [-0.25, -0.2) is 0 Å². The van der Waals surface area contributed by atoms with Crippen LogP contribution in [0.25, 0.3) is 0 Å². The molecule has 0 aliphatic heterocycles. The number of carbonyl (C=O) groups excluding carboxylic acids is 1. The number of likely N-dealkylation sites (N-methyl/N-ethyl adjacent to an activating group) is 1. The van der Waals surface area contributed by atoms with Crippen LogP contribution in [0.2, 0.25) is 0 Å². The first-order valence-corrected chi connectivity index (χ1v) is 5.76. The molecule has 3 nitrogen and oxygen atoms in total. The van der Waals surface area contributed by atoms with Gasteiger partial charge < -0.3 is 10.6 Å². The Hall–Kier alpha value is -1.77. The van der Waals surface area contributed by atoms with E-state index in [9.17, 15) is 4.79 Å². The summed E-state index contributed by atoms with van der Waals surface area (Å²) in [4.78, 5) is 14.0. The number of nitrogens with zero attached hydrogens (tertiary/aromatic N) is 1. The van der Waals surface area contributed by atoms with Gasteiger partial charge in [-0.3, -0.25) is 4.79 Å². The molecule has 0 fully saturated rings. The Balaban J connectivity index is 3.02. The maximum Gasteiger partial charge on any atom is 0.256 e. The highest BCUT2D eigenvalue weighted by Gasteiger charge is 2.17. The zero-order valence-electron chi connectivity index (χ0n) is 10.8. The van der Waals surface area contributed by atoms with Crippen LogP contribution in [0.4, 0.5) is 5.69 Å². The molecule has 0 saturated carbocycles. The number of aryl methyl sites for hydroxylation is 1. The minimum Gasteiger partial charge on any atom is -0.398 e.